The molecule has 0 radical (unpaired) electrons. The first-order valence-electron chi connectivity index (χ1n) is 5.03. The van der Waals surface area contributed by atoms with Crippen LogP contribution in [-0.2, 0) is 4.79 Å². The molecule has 1 aliphatic rings. The third kappa shape index (κ3) is 1.53. The Morgan fingerprint density at radius 3 is 2.94 bits per heavy atom. The van der Waals surface area contributed by atoms with Crippen molar-refractivity contribution in [1.82, 2.24) is 0 Å². The number of carboxylic acids is 1. The van der Waals surface area contributed by atoms with Crippen molar-refractivity contribution < 1.29 is 28.3 Å². The molecule has 1 atom stereocenters. The summed E-state index contributed by atoms with van der Waals surface area (Å²) in [6.07, 6.45) is 0.464. The summed E-state index contributed by atoms with van der Waals surface area (Å²) in [6.45, 7) is 0. The highest BCUT2D eigenvalue weighted by Crippen LogP contribution is 2.37. The number of carbonyl (C=O) groups excluding carboxylic acids is 1. The summed E-state index contributed by atoms with van der Waals surface area (Å²) in [7, 11) is 0. The van der Waals surface area contributed by atoms with E-state index in [1.165, 1.54) is 12.3 Å². The van der Waals surface area contributed by atoms with Gasteiger partial charge in [0.05, 0.1) is 6.26 Å². The van der Waals surface area contributed by atoms with Crippen LogP contribution in [0.1, 0.15) is 22.4 Å². The second-order valence-electron chi connectivity index (χ2n) is 3.61. The molecule has 0 fully saturated rings. The fraction of sp³-hybridized carbons (Fsp3) is 0.0909. The molecular weight excluding hydrogens is 242 g/mol. The Kier molecular flexibility index (Phi) is 2.12. The van der Waals surface area contributed by atoms with Gasteiger partial charge in [-0.05, 0) is 12.1 Å². The standard InChI is InChI=1S/C11H7NO6/c13-9-8(5-2-1-3-16-5)17-6-4-7(11(14)15)18-10(6)12-9/h1-4,8H,(H,12,13)(H,14,15). The molecule has 1 aliphatic heterocycles. The first-order valence-corrected chi connectivity index (χ1v) is 5.03. The number of nitrogens with one attached hydrogen (secondary N) is 1. The van der Waals surface area contributed by atoms with E-state index in [0.717, 1.165) is 0 Å². The molecule has 7 nitrogen and oxygen atoms in total. The zero-order valence-corrected chi connectivity index (χ0v) is 8.88. The van der Waals surface area contributed by atoms with Gasteiger partial charge in [-0.2, -0.15) is 0 Å². The highest BCUT2D eigenvalue weighted by molar-refractivity contribution is 5.97. The predicted octanol–water partition coefficient (Wildman–Crippen LogP) is 1.64. The van der Waals surface area contributed by atoms with Crippen molar-refractivity contribution in [3.05, 3.63) is 36.0 Å². The van der Waals surface area contributed by atoms with Gasteiger partial charge in [-0.15, -0.1) is 0 Å². The second-order valence-corrected chi connectivity index (χ2v) is 3.61. The van der Waals surface area contributed by atoms with Gasteiger partial charge in [0.15, 0.2) is 11.5 Å². The molecule has 0 bridgehead atoms. The van der Waals surface area contributed by atoms with Gasteiger partial charge < -0.3 is 18.7 Å². The van der Waals surface area contributed by atoms with Crippen molar-refractivity contribution in [3.63, 3.8) is 0 Å². The van der Waals surface area contributed by atoms with Crippen LogP contribution in [0.2, 0.25) is 0 Å². The van der Waals surface area contributed by atoms with E-state index < -0.39 is 18.0 Å². The number of furan rings is 2. The Morgan fingerprint density at radius 1 is 1.44 bits per heavy atom. The molecule has 0 aromatic carbocycles. The van der Waals surface area contributed by atoms with Gasteiger partial charge >= 0.3 is 5.97 Å². The Balaban J connectivity index is 1.96. The Morgan fingerprint density at radius 2 is 2.28 bits per heavy atom. The summed E-state index contributed by atoms with van der Waals surface area (Å²) in [4.78, 5) is 22.5. The summed E-state index contributed by atoms with van der Waals surface area (Å²) in [5, 5.41) is 11.2. The van der Waals surface area contributed by atoms with Gasteiger partial charge in [0, 0.05) is 6.07 Å². The average molecular weight is 249 g/mol. The molecule has 0 spiro atoms. The number of carboxylic acid groups (broad SMARTS) is 1. The Hall–Kier alpha value is -2.70. The van der Waals surface area contributed by atoms with E-state index in [1.54, 1.807) is 12.1 Å². The van der Waals surface area contributed by atoms with Gasteiger partial charge in [0.25, 0.3) is 5.91 Å². The molecule has 2 aromatic heterocycles. The lowest BCUT2D eigenvalue weighted by atomic mass is 10.2. The number of amides is 1. The van der Waals surface area contributed by atoms with E-state index >= 15 is 0 Å². The summed E-state index contributed by atoms with van der Waals surface area (Å²) in [6, 6.07) is 4.42. The van der Waals surface area contributed by atoms with Crippen LogP contribution in [0.25, 0.3) is 0 Å². The molecule has 0 aliphatic carbocycles. The fourth-order valence-electron chi connectivity index (χ4n) is 1.64. The van der Waals surface area contributed by atoms with Crippen molar-refractivity contribution in [1.29, 1.82) is 0 Å². The van der Waals surface area contributed by atoms with Crippen LogP contribution in [0.5, 0.6) is 5.75 Å². The summed E-state index contributed by atoms with van der Waals surface area (Å²) in [5.74, 6) is -1.55. The molecule has 0 saturated carbocycles. The number of rotatable bonds is 2. The van der Waals surface area contributed by atoms with Gasteiger partial charge in [-0.1, -0.05) is 0 Å². The first-order chi connectivity index (χ1) is 8.65. The van der Waals surface area contributed by atoms with Crippen molar-refractivity contribution in [2.45, 2.75) is 6.10 Å². The van der Waals surface area contributed by atoms with E-state index in [1.807, 2.05) is 0 Å². The smallest absolute Gasteiger partial charge is 0.372 e. The maximum Gasteiger partial charge on any atom is 0.372 e. The number of aromatic carboxylic acids is 1. The first kappa shape index (κ1) is 10.5. The molecule has 1 unspecified atom stereocenters. The highest BCUT2D eigenvalue weighted by atomic mass is 16.5. The van der Waals surface area contributed by atoms with Gasteiger partial charge in [0.1, 0.15) is 0 Å². The number of ether oxygens (including phenoxy) is 1. The largest absolute Gasteiger partial charge is 0.475 e. The molecular formula is C11H7NO6. The van der Waals surface area contributed by atoms with Crippen LogP contribution in [-0.4, -0.2) is 17.0 Å². The number of carbonyl (C=O) groups is 2. The second kappa shape index (κ2) is 3.66. The molecule has 2 aromatic rings. The van der Waals surface area contributed by atoms with Crippen molar-refractivity contribution in [2.24, 2.45) is 0 Å². The lowest BCUT2D eigenvalue weighted by Gasteiger charge is -2.20. The minimum Gasteiger partial charge on any atom is -0.475 e. The van der Waals surface area contributed by atoms with E-state index in [4.69, 9.17) is 18.7 Å². The molecule has 92 valence electrons. The molecule has 18 heavy (non-hydrogen) atoms. The number of hydrogen-bond acceptors (Lipinski definition) is 5. The summed E-state index contributed by atoms with van der Waals surface area (Å²) in [5.41, 5.74) is 0. The number of fused-ring (bicyclic) bond motifs is 1. The monoisotopic (exact) mass is 249 g/mol. The van der Waals surface area contributed by atoms with Crippen LogP contribution in [0.15, 0.2) is 33.3 Å². The van der Waals surface area contributed by atoms with Crippen LogP contribution < -0.4 is 10.1 Å². The maximum atomic E-state index is 11.7. The van der Waals surface area contributed by atoms with Crippen molar-refractivity contribution in [3.8, 4) is 5.75 Å². The topological polar surface area (TPSA) is 102 Å². The summed E-state index contributed by atoms with van der Waals surface area (Å²) < 4.78 is 15.4. The number of anilines is 1. The minimum atomic E-state index is -1.24. The predicted molar refractivity (Wildman–Crippen MR) is 56.4 cm³/mol. The van der Waals surface area contributed by atoms with Gasteiger partial charge in [-0.3, -0.25) is 10.1 Å². The van der Waals surface area contributed by atoms with Crippen LogP contribution in [0, 0.1) is 0 Å². The molecule has 7 heteroatoms. The number of hydrogen-bond donors (Lipinski definition) is 2. The zero-order chi connectivity index (χ0) is 12.7. The quantitative estimate of drug-likeness (QED) is 0.838. The van der Waals surface area contributed by atoms with E-state index in [-0.39, 0.29) is 17.4 Å². The third-order valence-corrected chi connectivity index (χ3v) is 2.43. The molecule has 2 N–H and O–H groups in total. The van der Waals surface area contributed by atoms with Crippen LogP contribution >= 0.6 is 0 Å². The van der Waals surface area contributed by atoms with Gasteiger partial charge in [0.2, 0.25) is 17.7 Å². The van der Waals surface area contributed by atoms with E-state index in [9.17, 15) is 9.59 Å². The molecule has 3 heterocycles. The normalized spacial score (nSPS) is 17.8. The lowest BCUT2D eigenvalue weighted by Crippen LogP contribution is -2.29. The maximum absolute atomic E-state index is 11.7. The Labute approximate surface area is 99.9 Å². The van der Waals surface area contributed by atoms with E-state index in [0.29, 0.717) is 5.76 Å². The SMILES string of the molecule is O=C(O)c1cc2c(o1)NC(=O)C(c1ccco1)O2. The lowest BCUT2D eigenvalue weighted by molar-refractivity contribution is -0.124. The van der Waals surface area contributed by atoms with Crippen LogP contribution in [0.4, 0.5) is 5.88 Å². The highest BCUT2D eigenvalue weighted by Gasteiger charge is 2.34. The Bertz CT molecular complexity index is 612. The summed E-state index contributed by atoms with van der Waals surface area (Å²) >= 11 is 0. The average Bonchev–Trinajstić information content (AvgIpc) is 2.95. The van der Waals surface area contributed by atoms with Crippen LogP contribution in [0.3, 0.4) is 0 Å². The van der Waals surface area contributed by atoms with E-state index in [2.05, 4.69) is 5.32 Å². The minimum absolute atomic E-state index is 0.0137. The third-order valence-electron chi connectivity index (χ3n) is 2.43. The fourth-order valence-corrected chi connectivity index (χ4v) is 1.64. The molecule has 3 rings (SSSR count). The van der Waals surface area contributed by atoms with Gasteiger partial charge in [-0.25, -0.2) is 4.79 Å². The van der Waals surface area contributed by atoms with Crippen molar-refractivity contribution >= 4 is 17.8 Å². The zero-order valence-electron chi connectivity index (χ0n) is 8.88. The van der Waals surface area contributed by atoms with Crippen molar-refractivity contribution in [2.75, 3.05) is 5.32 Å². The molecule has 1 amide bonds. The molecule has 0 saturated heterocycles.